The summed E-state index contributed by atoms with van der Waals surface area (Å²) in [4.78, 5) is 10.7. The zero-order valence-electron chi connectivity index (χ0n) is 7.00. The van der Waals surface area contributed by atoms with Gasteiger partial charge in [-0.05, 0) is 0 Å². The minimum absolute atomic E-state index is 0.0398. The average Bonchev–Trinajstić information content (AvgIpc) is 2.11. The highest BCUT2D eigenvalue weighted by Crippen LogP contribution is 1.74. The summed E-state index contributed by atoms with van der Waals surface area (Å²) in [6.45, 7) is 0.795. The van der Waals surface area contributed by atoms with Crippen LogP contribution in [0.15, 0.2) is 5.16 Å². The number of amidine groups is 1. The molecule has 0 aromatic rings. The molecule has 0 spiro atoms. The van der Waals surface area contributed by atoms with E-state index in [9.17, 15) is 4.79 Å². The molecular formula is C6H14N4O2. The number of rotatable bonds is 5. The van der Waals surface area contributed by atoms with Crippen LogP contribution in [0, 0.1) is 0 Å². The first-order valence-corrected chi connectivity index (χ1v) is 3.58. The van der Waals surface area contributed by atoms with Crippen molar-refractivity contribution in [2.24, 2.45) is 10.9 Å². The van der Waals surface area contributed by atoms with Crippen LogP contribution in [0.3, 0.4) is 0 Å². The number of carbonyl (C=O) groups is 1. The monoisotopic (exact) mass is 174 g/mol. The van der Waals surface area contributed by atoms with Crippen LogP contribution < -0.4 is 16.4 Å². The van der Waals surface area contributed by atoms with E-state index < -0.39 is 0 Å². The number of carbonyl (C=O) groups excluding carboxylic acids is 1. The smallest absolute Gasteiger partial charge is 0.221 e. The molecule has 0 radical (unpaired) electrons. The minimum atomic E-state index is -0.0398. The van der Waals surface area contributed by atoms with Gasteiger partial charge in [0.1, 0.15) is 0 Å². The molecular weight excluding hydrogens is 160 g/mol. The van der Waals surface area contributed by atoms with Gasteiger partial charge in [0.25, 0.3) is 0 Å². The first-order valence-electron chi connectivity index (χ1n) is 3.58. The van der Waals surface area contributed by atoms with Crippen LogP contribution in [0.4, 0.5) is 0 Å². The van der Waals surface area contributed by atoms with Gasteiger partial charge in [-0.25, -0.2) is 0 Å². The van der Waals surface area contributed by atoms with Crippen molar-refractivity contribution in [2.45, 2.75) is 6.42 Å². The predicted molar refractivity (Wildman–Crippen MR) is 45.0 cm³/mol. The van der Waals surface area contributed by atoms with Gasteiger partial charge < -0.3 is 21.6 Å². The Morgan fingerprint density at radius 2 is 2.33 bits per heavy atom. The van der Waals surface area contributed by atoms with Gasteiger partial charge in [-0.3, -0.25) is 4.79 Å². The molecule has 0 fully saturated rings. The van der Waals surface area contributed by atoms with Gasteiger partial charge in [-0.1, -0.05) is 5.16 Å². The molecule has 0 aromatic carbocycles. The number of nitrogens with zero attached hydrogens (tertiary/aromatic N) is 1. The van der Waals surface area contributed by atoms with Crippen LogP contribution in [0.5, 0.6) is 0 Å². The summed E-state index contributed by atoms with van der Waals surface area (Å²) >= 11 is 0. The molecule has 70 valence electrons. The Bertz CT molecular complexity index is 169. The zero-order valence-corrected chi connectivity index (χ0v) is 7.00. The maximum atomic E-state index is 10.7. The van der Waals surface area contributed by atoms with E-state index in [1.165, 1.54) is 0 Å². The molecule has 0 saturated carbocycles. The van der Waals surface area contributed by atoms with E-state index in [0.29, 0.717) is 13.0 Å². The fourth-order valence-electron chi connectivity index (χ4n) is 0.579. The number of oxime groups is 1. The fourth-order valence-corrected chi connectivity index (χ4v) is 0.579. The number of nitrogens with two attached hydrogens (primary N) is 1. The molecule has 0 atom stereocenters. The van der Waals surface area contributed by atoms with Crippen molar-refractivity contribution >= 4 is 11.7 Å². The number of nitrogens with one attached hydrogen (secondary N) is 2. The van der Waals surface area contributed by atoms with Crippen LogP contribution in [0.25, 0.3) is 0 Å². The molecule has 12 heavy (non-hydrogen) atoms. The normalized spacial score (nSPS) is 11.2. The highest BCUT2D eigenvalue weighted by atomic mass is 16.4. The maximum Gasteiger partial charge on any atom is 0.221 e. The van der Waals surface area contributed by atoms with E-state index in [0.717, 1.165) is 0 Å². The maximum absolute atomic E-state index is 10.7. The van der Waals surface area contributed by atoms with Gasteiger partial charge in [0, 0.05) is 20.0 Å². The van der Waals surface area contributed by atoms with Gasteiger partial charge in [0.2, 0.25) is 5.91 Å². The SMILES string of the molecule is CNC(=O)CCNCC(N)=NO. The van der Waals surface area contributed by atoms with E-state index in [4.69, 9.17) is 10.9 Å². The summed E-state index contributed by atoms with van der Waals surface area (Å²) in [5.41, 5.74) is 5.16. The molecule has 0 aromatic heterocycles. The lowest BCUT2D eigenvalue weighted by molar-refractivity contribution is -0.120. The lowest BCUT2D eigenvalue weighted by Gasteiger charge is -2.01. The van der Waals surface area contributed by atoms with Crippen LogP contribution >= 0.6 is 0 Å². The lowest BCUT2D eigenvalue weighted by Crippen LogP contribution is -2.32. The molecule has 0 heterocycles. The Labute approximate surface area is 70.8 Å². The van der Waals surface area contributed by atoms with Crippen molar-refractivity contribution in [2.75, 3.05) is 20.1 Å². The second-order valence-corrected chi connectivity index (χ2v) is 2.19. The van der Waals surface area contributed by atoms with Gasteiger partial charge in [0.05, 0.1) is 6.54 Å². The third-order valence-corrected chi connectivity index (χ3v) is 1.24. The summed E-state index contributed by atoms with van der Waals surface area (Å²) < 4.78 is 0. The summed E-state index contributed by atoms with van der Waals surface area (Å²) in [5, 5.41) is 16.2. The highest BCUT2D eigenvalue weighted by Gasteiger charge is 1.96. The van der Waals surface area contributed by atoms with Crippen LogP contribution in [-0.4, -0.2) is 37.1 Å². The number of hydrogen-bond acceptors (Lipinski definition) is 4. The van der Waals surface area contributed by atoms with E-state index in [-0.39, 0.29) is 18.3 Å². The third-order valence-electron chi connectivity index (χ3n) is 1.24. The van der Waals surface area contributed by atoms with Gasteiger partial charge in [-0.2, -0.15) is 0 Å². The molecule has 0 aliphatic rings. The number of hydrogen-bond donors (Lipinski definition) is 4. The Balaban J connectivity index is 3.27. The molecule has 0 bridgehead atoms. The molecule has 6 heteroatoms. The molecule has 5 N–H and O–H groups in total. The third kappa shape index (κ3) is 5.48. The van der Waals surface area contributed by atoms with Crippen molar-refractivity contribution in [3.8, 4) is 0 Å². The Hall–Kier alpha value is -1.30. The number of amides is 1. The fraction of sp³-hybridized carbons (Fsp3) is 0.667. The standard InChI is InChI=1S/C6H14N4O2/c1-8-6(11)2-3-9-4-5(7)10-12/h9,12H,2-4H2,1H3,(H2,7,10)(H,8,11). The molecule has 1 amide bonds. The van der Waals surface area contributed by atoms with E-state index in [1.807, 2.05) is 0 Å². The Kier molecular flexibility index (Phi) is 5.72. The van der Waals surface area contributed by atoms with E-state index >= 15 is 0 Å². The van der Waals surface area contributed by atoms with E-state index in [1.54, 1.807) is 7.05 Å². The topological polar surface area (TPSA) is 99.7 Å². The van der Waals surface area contributed by atoms with Crippen molar-refractivity contribution in [3.05, 3.63) is 0 Å². The molecule has 0 aliphatic heterocycles. The molecule has 0 aliphatic carbocycles. The largest absolute Gasteiger partial charge is 0.409 e. The summed E-state index contributed by atoms with van der Waals surface area (Å²) in [6.07, 6.45) is 0.384. The molecule has 0 unspecified atom stereocenters. The Morgan fingerprint density at radius 3 is 2.83 bits per heavy atom. The highest BCUT2D eigenvalue weighted by molar-refractivity contribution is 5.81. The van der Waals surface area contributed by atoms with Crippen LogP contribution in [0.1, 0.15) is 6.42 Å². The quantitative estimate of drug-likeness (QED) is 0.133. The van der Waals surface area contributed by atoms with Gasteiger partial charge in [-0.15, -0.1) is 0 Å². The predicted octanol–water partition coefficient (Wildman–Crippen LogP) is -1.54. The van der Waals surface area contributed by atoms with Crippen molar-refractivity contribution in [3.63, 3.8) is 0 Å². The summed E-state index contributed by atoms with van der Waals surface area (Å²) in [6, 6.07) is 0. The van der Waals surface area contributed by atoms with Gasteiger partial charge >= 0.3 is 0 Å². The molecule has 6 nitrogen and oxygen atoms in total. The van der Waals surface area contributed by atoms with Gasteiger partial charge in [0.15, 0.2) is 5.84 Å². The molecule has 0 saturated heterocycles. The average molecular weight is 174 g/mol. The Morgan fingerprint density at radius 1 is 1.67 bits per heavy atom. The summed E-state index contributed by atoms with van der Waals surface area (Å²) in [7, 11) is 1.58. The van der Waals surface area contributed by atoms with Crippen LogP contribution in [0.2, 0.25) is 0 Å². The first kappa shape index (κ1) is 10.7. The van der Waals surface area contributed by atoms with Crippen molar-refractivity contribution < 1.29 is 10.0 Å². The minimum Gasteiger partial charge on any atom is -0.409 e. The first-order chi connectivity index (χ1) is 5.70. The zero-order chi connectivity index (χ0) is 9.40. The lowest BCUT2D eigenvalue weighted by atomic mass is 10.4. The van der Waals surface area contributed by atoms with Crippen molar-refractivity contribution in [1.29, 1.82) is 0 Å². The van der Waals surface area contributed by atoms with Crippen molar-refractivity contribution in [1.82, 2.24) is 10.6 Å². The van der Waals surface area contributed by atoms with E-state index in [2.05, 4.69) is 15.8 Å². The van der Waals surface area contributed by atoms with Crippen LogP contribution in [-0.2, 0) is 4.79 Å². The molecule has 0 rings (SSSR count). The second kappa shape index (κ2) is 6.41. The summed E-state index contributed by atoms with van der Waals surface area (Å²) in [5.74, 6) is 0.0638. The second-order valence-electron chi connectivity index (χ2n) is 2.19.